The van der Waals surface area contributed by atoms with Crippen LogP contribution in [0.5, 0.6) is 0 Å². The Morgan fingerprint density at radius 1 is 0.220 bits per heavy atom. The van der Waals surface area contributed by atoms with Gasteiger partial charge < -0.3 is 4.42 Å². The third kappa shape index (κ3) is 4.79. The Balaban J connectivity index is 0.961. The fraction of sp³-hybridized carbons (Fsp3) is 0. The van der Waals surface area contributed by atoms with Crippen molar-refractivity contribution in [2.75, 3.05) is 0 Å². The van der Waals surface area contributed by atoms with Gasteiger partial charge >= 0.3 is 0 Å². The van der Waals surface area contributed by atoms with Gasteiger partial charge in [0.05, 0.1) is 0 Å². The Kier molecular flexibility index (Phi) is 6.79. The molecule has 0 atom stereocenters. The topological polar surface area (TPSA) is 13.1 Å². The van der Waals surface area contributed by atoms with Gasteiger partial charge in [0.2, 0.25) is 0 Å². The zero-order valence-corrected chi connectivity index (χ0v) is 32.0. The maximum Gasteiger partial charge on any atom is 0.136 e. The summed E-state index contributed by atoms with van der Waals surface area (Å²) in [6, 6.07) is 75.8. The summed E-state index contributed by atoms with van der Waals surface area (Å²) in [6.07, 6.45) is 0. The Bertz CT molecular complexity index is 3830. The minimum Gasteiger partial charge on any atom is -0.456 e. The van der Waals surface area contributed by atoms with Crippen molar-refractivity contribution in [3.63, 3.8) is 0 Å². The second kappa shape index (κ2) is 12.4. The molecule has 0 spiro atoms. The Morgan fingerprint density at radius 2 is 0.695 bits per heavy atom. The first-order valence-electron chi connectivity index (χ1n) is 20.4. The molecule has 1 nitrogen and oxygen atoms in total. The molecule has 0 saturated carbocycles. The van der Waals surface area contributed by atoms with E-state index in [1.807, 2.05) is 0 Å². The van der Waals surface area contributed by atoms with Gasteiger partial charge in [-0.2, -0.15) is 0 Å². The molecule has 1 heterocycles. The van der Waals surface area contributed by atoms with Crippen LogP contribution in [0.3, 0.4) is 0 Å². The van der Waals surface area contributed by atoms with Crippen molar-refractivity contribution in [2.24, 2.45) is 0 Å². The zero-order chi connectivity index (χ0) is 38.6. The zero-order valence-electron chi connectivity index (χ0n) is 32.0. The van der Waals surface area contributed by atoms with Gasteiger partial charge in [0.25, 0.3) is 0 Å². The lowest BCUT2D eigenvalue weighted by molar-refractivity contribution is 0.670. The van der Waals surface area contributed by atoms with Crippen molar-refractivity contribution in [2.45, 2.75) is 0 Å². The van der Waals surface area contributed by atoms with Gasteiger partial charge in [0, 0.05) is 10.8 Å². The second-order valence-corrected chi connectivity index (χ2v) is 15.9. The van der Waals surface area contributed by atoms with Gasteiger partial charge in [-0.15, -0.1) is 0 Å². The molecule has 0 unspecified atom stereocenters. The van der Waals surface area contributed by atoms with Crippen LogP contribution < -0.4 is 0 Å². The van der Waals surface area contributed by atoms with E-state index in [1.165, 1.54) is 114 Å². The first-order chi connectivity index (χ1) is 29.2. The van der Waals surface area contributed by atoms with Gasteiger partial charge in [-0.3, -0.25) is 0 Å². The molecule has 0 aliphatic rings. The quantitative estimate of drug-likeness (QED) is 0.130. The van der Waals surface area contributed by atoms with Crippen molar-refractivity contribution >= 4 is 97.3 Å². The maximum absolute atomic E-state index is 6.57. The van der Waals surface area contributed by atoms with E-state index in [4.69, 9.17) is 4.42 Å². The number of hydrogen-bond acceptors (Lipinski definition) is 1. The number of fused-ring (bicyclic) bond motifs is 14. The van der Waals surface area contributed by atoms with Crippen LogP contribution in [0.1, 0.15) is 0 Å². The number of rotatable bonds is 3. The van der Waals surface area contributed by atoms with E-state index in [-0.39, 0.29) is 0 Å². The van der Waals surface area contributed by atoms with Crippen LogP contribution in [0.4, 0.5) is 0 Å². The van der Waals surface area contributed by atoms with Crippen molar-refractivity contribution in [3.05, 3.63) is 206 Å². The van der Waals surface area contributed by atoms with E-state index in [0.717, 1.165) is 16.6 Å². The van der Waals surface area contributed by atoms with E-state index in [0.29, 0.717) is 0 Å². The summed E-state index contributed by atoms with van der Waals surface area (Å²) in [4.78, 5) is 0. The third-order valence-corrected chi connectivity index (χ3v) is 12.8. The highest BCUT2D eigenvalue weighted by Gasteiger charge is 2.18. The molecule has 12 aromatic carbocycles. The maximum atomic E-state index is 6.57. The molecule has 0 bridgehead atoms. The average molecular weight is 747 g/mol. The van der Waals surface area contributed by atoms with E-state index in [9.17, 15) is 0 Å². The summed E-state index contributed by atoms with van der Waals surface area (Å²) < 4.78 is 6.57. The monoisotopic (exact) mass is 746 g/mol. The van der Waals surface area contributed by atoms with Gasteiger partial charge in [0.1, 0.15) is 11.2 Å². The fourth-order valence-corrected chi connectivity index (χ4v) is 10.1. The normalized spacial score (nSPS) is 12.1. The lowest BCUT2D eigenvalue weighted by Gasteiger charge is -2.18. The van der Waals surface area contributed by atoms with Gasteiger partial charge in [-0.25, -0.2) is 0 Å². The molecule has 0 N–H and O–H groups in total. The third-order valence-electron chi connectivity index (χ3n) is 12.8. The van der Waals surface area contributed by atoms with E-state index >= 15 is 0 Å². The lowest BCUT2D eigenvalue weighted by atomic mass is 9.85. The highest BCUT2D eigenvalue weighted by molar-refractivity contribution is 6.30. The summed E-state index contributed by atoms with van der Waals surface area (Å²) in [5.74, 6) is 0. The highest BCUT2D eigenvalue weighted by atomic mass is 16.3. The lowest BCUT2D eigenvalue weighted by Crippen LogP contribution is -1.91. The standard InChI is InChI=1S/C58H34O/c1-2-13-36(14-3-1)56-46-18-8-10-20-48(46)57(49-21-11-9-19-47(49)56)41-25-24-37-30-38(22-23-39(37)31-41)40-26-28-45-50(32-40)43-16-6-7-17-44(43)51-33-53-55(34-52(45)51)59-54-29-27-35-12-4-5-15-42(35)58(53)54/h1-34H. The molecule has 0 aliphatic carbocycles. The molecular weight excluding hydrogens is 713 g/mol. The minimum absolute atomic E-state index is 0.923. The summed E-state index contributed by atoms with van der Waals surface area (Å²) in [6.45, 7) is 0. The second-order valence-electron chi connectivity index (χ2n) is 15.9. The van der Waals surface area contributed by atoms with Crippen LogP contribution in [0.15, 0.2) is 211 Å². The molecule has 1 heteroatoms. The van der Waals surface area contributed by atoms with Crippen molar-refractivity contribution in [1.82, 2.24) is 0 Å². The van der Waals surface area contributed by atoms with Crippen LogP contribution in [0.25, 0.3) is 131 Å². The molecular formula is C58H34O. The minimum atomic E-state index is 0.923. The van der Waals surface area contributed by atoms with Crippen molar-refractivity contribution in [1.29, 1.82) is 0 Å². The van der Waals surface area contributed by atoms with Crippen LogP contribution in [0, 0.1) is 0 Å². The molecule has 13 aromatic rings. The van der Waals surface area contributed by atoms with Gasteiger partial charge in [0.15, 0.2) is 0 Å². The van der Waals surface area contributed by atoms with Crippen LogP contribution in [0.2, 0.25) is 0 Å². The van der Waals surface area contributed by atoms with E-state index in [2.05, 4.69) is 206 Å². The number of hydrogen-bond donors (Lipinski definition) is 0. The number of furan rings is 1. The first-order valence-corrected chi connectivity index (χ1v) is 20.4. The van der Waals surface area contributed by atoms with Crippen LogP contribution in [-0.2, 0) is 0 Å². The molecule has 272 valence electrons. The van der Waals surface area contributed by atoms with Crippen molar-refractivity contribution in [3.8, 4) is 33.4 Å². The molecule has 0 fully saturated rings. The van der Waals surface area contributed by atoms with E-state index < -0.39 is 0 Å². The highest BCUT2D eigenvalue weighted by Crippen LogP contribution is 2.45. The Morgan fingerprint density at radius 3 is 1.39 bits per heavy atom. The summed E-state index contributed by atoms with van der Waals surface area (Å²) in [5, 5.41) is 19.8. The molecule has 0 saturated heterocycles. The first kappa shape index (κ1) is 32.4. The van der Waals surface area contributed by atoms with Gasteiger partial charge in [-0.1, -0.05) is 170 Å². The van der Waals surface area contributed by atoms with Gasteiger partial charge in [-0.05, 0) is 145 Å². The fourth-order valence-electron chi connectivity index (χ4n) is 10.1. The molecule has 13 rings (SSSR count). The largest absolute Gasteiger partial charge is 0.456 e. The SMILES string of the molecule is c1ccc(-c2c3ccccc3c(-c3ccc4cc(-c5ccc6c(c5)c5ccccc5c5cc7c(cc65)oc5ccc6ccccc6c57)ccc4c3)c3ccccc23)cc1. The van der Waals surface area contributed by atoms with Crippen LogP contribution >= 0.6 is 0 Å². The molecule has 1 aromatic heterocycles. The molecule has 0 amide bonds. The summed E-state index contributed by atoms with van der Waals surface area (Å²) in [7, 11) is 0. The summed E-state index contributed by atoms with van der Waals surface area (Å²) >= 11 is 0. The molecule has 0 aliphatic heterocycles. The Labute approximate surface area is 340 Å². The predicted molar refractivity (Wildman–Crippen MR) is 253 cm³/mol. The Hall–Kier alpha value is -7.74. The molecule has 0 radical (unpaired) electrons. The van der Waals surface area contributed by atoms with Crippen molar-refractivity contribution < 1.29 is 4.42 Å². The average Bonchev–Trinajstić information content (AvgIpc) is 3.68. The summed E-state index contributed by atoms with van der Waals surface area (Å²) in [5.41, 5.74) is 9.31. The van der Waals surface area contributed by atoms with E-state index in [1.54, 1.807) is 0 Å². The van der Waals surface area contributed by atoms with Crippen LogP contribution in [-0.4, -0.2) is 0 Å². The smallest absolute Gasteiger partial charge is 0.136 e. The predicted octanol–water partition coefficient (Wildman–Crippen LogP) is 16.7. The number of benzene rings is 12. The molecule has 59 heavy (non-hydrogen) atoms.